The molecule has 0 bridgehead atoms. The molecule has 0 radical (unpaired) electrons. The minimum atomic E-state index is -0.262. The van der Waals surface area contributed by atoms with Gasteiger partial charge in [0.25, 0.3) is 0 Å². The van der Waals surface area contributed by atoms with Gasteiger partial charge in [0.1, 0.15) is 11.6 Å². The van der Waals surface area contributed by atoms with Crippen LogP contribution in [0, 0.1) is 5.82 Å². The lowest BCUT2D eigenvalue weighted by Crippen LogP contribution is -2.38. The van der Waals surface area contributed by atoms with Gasteiger partial charge in [-0.15, -0.1) is 0 Å². The van der Waals surface area contributed by atoms with E-state index in [-0.39, 0.29) is 11.7 Å². The Labute approximate surface area is 154 Å². The molecule has 0 spiro atoms. The highest BCUT2D eigenvalue weighted by atomic mass is 19.1. The van der Waals surface area contributed by atoms with Crippen LogP contribution in [0.25, 0.3) is 0 Å². The van der Waals surface area contributed by atoms with Crippen molar-refractivity contribution < 1.29 is 13.9 Å². The first-order valence-electron chi connectivity index (χ1n) is 8.90. The monoisotopic (exact) mass is 356 g/mol. The van der Waals surface area contributed by atoms with Crippen molar-refractivity contribution in [1.82, 2.24) is 9.80 Å². The SMILES string of the molecule is COc1ccc(CN(CC(=O)N(C)Cc2ccc(F)cc2)C2CC2)cc1. The summed E-state index contributed by atoms with van der Waals surface area (Å²) >= 11 is 0. The lowest BCUT2D eigenvalue weighted by Gasteiger charge is -2.25. The maximum absolute atomic E-state index is 13.0. The van der Waals surface area contributed by atoms with Crippen LogP contribution in [-0.4, -0.2) is 42.5 Å². The number of carbonyl (C=O) groups excluding carboxylic acids is 1. The molecule has 0 unspecified atom stereocenters. The normalized spacial score (nSPS) is 13.7. The molecule has 0 aromatic heterocycles. The fourth-order valence-corrected chi connectivity index (χ4v) is 2.97. The van der Waals surface area contributed by atoms with Crippen molar-refractivity contribution in [3.8, 4) is 5.75 Å². The van der Waals surface area contributed by atoms with E-state index in [0.717, 1.165) is 30.7 Å². The predicted octanol–water partition coefficient (Wildman–Crippen LogP) is 3.46. The molecule has 0 saturated heterocycles. The molecule has 1 fully saturated rings. The Morgan fingerprint density at radius 1 is 1.04 bits per heavy atom. The van der Waals surface area contributed by atoms with Crippen molar-refractivity contribution in [2.24, 2.45) is 0 Å². The Morgan fingerprint density at radius 3 is 2.19 bits per heavy atom. The molecular weight excluding hydrogens is 331 g/mol. The van der Waals surface area contributed by atoms with Gasteiger partial charge in [-0.1, -0.05) is 24.3 Å². The lowest BCUT2D eigenvalue weighted by atomic mass is 10.2. The van der Waals surface area contributed by atoms with Gasteiger partial charge in [0, 0.05) is 26.2 Å². The number of carbonyl (C=O) groups is 1. The second-order valence-electron chi connectivity index (χ2n) is 6.86. The summed E-state index contributed by atoms with van der Waals surface area (Å²) in [5.41, 5.74) is 2.10. The molecule has 3 rings (SSSR count). The largest absolute Gasteiger partial charge is 0.497 e. The molecule has 1 saturated carbocycles. The molecule has 0 heterocycles. The minimum absolute atomic E-state index is 0.0785. The second kappa shape index (κ2) is 8.32. The molecule has 2 aromatic carbocycles. The molecule has 1 amide bonds. The number of methoxy groups -OCH3 is 1. The van der Waals surface area contributed by atoms with Gasteiger partial charge >= 0.3 is 0 Å². The highest BCUT2D eigenvalue weighted by molar-refractivity contribution is 5.78. The third kappa shape index (κ3) is 5.05. The van der Waals surface area contributed by atoms with E-state index in [1.165, 1.54) is 17.7 Å². The summed E-state index contributed by atoms with van der Waals surface area (Å²) in [5.74, 6) is 0.652. The van der Waals surface area contributed by atoms with Crippen molar-refractivity contribution in [1.29, 1.82) is 0 Å². The number of halogens is 1. The van der Waals surface area contributed by atoms with Gasteiger partial charge in [0.2, 0.25) is 5.91 Å². The summed E-state index contributed by atoms with van der Waals surface area (Å²) in [6.07, 6.45) is 2.29. The van der Waals surface area contributed by atoms with Crippen LogP contribution < -0.4 is 4.74 Å². The van der Waals surface area contributed by atoms with Gasteiger partial charge < -0.3 is 9.64 Å². The van der Waals surface area contributed by atoms with Crippen LogP contribution in [0.1, 0.15) is 24.0 Å². The molecule has 0 atom stereocenters. The van der Waals surface area contributed by atoms with Crippen molar-refractivity contribution in [3.63, 3.8) is 0 Å². The third-order valence-electron chi connectivity index (χ3n) is 4.71. The van der Waals surface area contributed by atoms with Crippen molar-refractivity contribution >= 4 is 5.91 Å². The Kier molecular flexibility index (Phi) is 5.89. The quantitative estimate of drug-likeness (QED) is 0.726. The average molecular weight is 356 g/mol. The van der Waals surface area contributed by atoms with Crippen LogP contribution in [0.4, 0.5) is 4.39 Å². The highest BCUT2D eigenvalue weighted by Crippen LogP contribution is 2.28. The van der Waals surface area contributed by atoms with Crippen molar-refractivity contribution in [2.45, 2.75) is 32.0 Å². The van der Waals surface area contributed by atoms with E-state index in [9.17, 15) is 9.18 Å². The van der Waals surface area contributed by atoms with Crippen LogP contribution in [0.15, 0.2) is 48.5 Å². The Bertz CT molecular complexity index is 727. The van der Waals surface area contributed by atoms with Gasteiger partial charge in [-0.2, -0.15) is 0 Å². The molecular formula is C21H25FN2O2. The third-order valence-corrected chi connectivity index (χ3v) is 4.71. The fraction of sp³-hybridized carbons (Fsp3) is 0.381. The summed E-state index contributed by atoms with van der Waals surface area (Å²) in [5, 5.41) is 0. The van der Waals surface area contributed by atoms with E-state index in [4.69, 9.17) is 4.74 Å². The fourth-order valence-electron chi connectivity index (χ4n) is 2.97. The zero-order chi connectivity index (χ0) is 18.5. The zero-order valence-corrected chi connectivity index (χ0v) is 15.3. The maximum atomic E-state index is 13.0. The topological polar surface area (TPSA) is 32.8 Å². The first kappa shape index (κ1) is 18.4. The smallest absolute Gasteiger partial charge is 0.236 e. The standard InChI is InChI=1S/C21H25FN2O2/c1-23(13-16-3-7-18(22)8-4-16)21(25)15-24(19-9-10-19)14-17-5-11-20(26-2)12-6-17/h3-8,11-12,19H,9-10,13-15H2,1-2H3. The van der Waals surface area contributed by atoms with E-state index in [1.807, 2.05) is 24.3 Å². The second-order valence-corrected chi connectivity index (χ2v) is 6.86. The van der Waals surface area contributed by atoms with Crippen LogP contribution in [0.3, 0.4) is 0 Å². The van der Waals surface area contributed by atoms with Crippen LogP contribution in [0.5, 0.6) is 5.75 Å². The Balaban J connectivity index is 1.58. The first-order valence-corrected chi connectivity index (χ1v) is 8.90. The van der Waals surface area contributed by atoms with Crippen LogP contribution in [0.2, 0.25) is 0 Å². The summed E-state index contributed by atoms with van der Waals surface area (Å²) in [4.78, 5) is 16.6. The van der Waals surface area contributed by atoms with Crippen LogP contribution in [-0.2, 0) is 17.9 Å². The number of hydrogen-bond donors (Lipinski definition) is 0. The van der Waals surface area contributed by atoms with E-state index in [2.05, 4.69) is 4.90 Å². The molecule has 1 aliphatic carbocycles. The number of amides is 1. The number of nitrogens with zero attached hydrogens (tertiary/aromatic N) is 2. The van der Waals surface area contributed by atoms with E-state index < -0.39 is 0 Å². The molecule has 0 aliphatic heterocycles. The molecule has 5 heteroatoms. The van der Waals surface area contributed by atoms with E-state index in [1.54, 1.807) is 31.2 Å². The number of rotatable bonds is 8. The van der Waals surface area contributed by atoms with Crippen molar-refractivity contribution in [3.05, 3.63) is 65.5 Å². The number of benzene rings is 2. The number of ether oxygens (including phenoxy) is 1. The maximum Gasteiger partial charge on any atom is 0.236 e. The minimum Gasteiger partial charge on any atom is -0.497 e. The molecule has 26 heavy (non-hydrogen) atoms. The summed E-state index contributed by atoms with van der Waals surface area (Å²) in [6.45, 7) is 1.64. The molecule has 1 aliphatic rings. The molecule has 138 valence electrons. The van der Waals surface area contributed by atoms with Gasteiger partial charge in [-0.3, -0.25) is 9.69 Å². The first-order chi connectivity index (χ1) is 12.5. The molecule has 0 N–H and O–H groups in total. The number of hydrogen-bond acceptors (Lipinski definition) is 3. The zero-order valence-electron chi connectivity index (χ0n) is 15.3. The predicted molar refractivity (Wildman–Crippen MR) is 99.3 cm³/mol. The Morgan fingerprint density at radius 2 is 1.62 bits per heavy atom. The summed E-state index contributed by atoms with van der Waals surface area (Å²) in [7, 11) is 3.45. The summed E-state index contributed by atoms with van der Waals surface area (Å²) < 4.78 is 18.2. The molecule has 2 aromatic rings. The van der Waals surface area contributed by atoms with Gasteiger partial charge in [-0.05, 0) is 48.2 Å². The summed E-state index contributed by atoms with van der Waals surface area (Å²) in [6, 6.07) is 14.7. The molecule has 4 nitrogen and oxygen atoms in total. The van der Waals surface area contributed by atoms with Crippen LogP contribution >= 0.6 is 0 Å². The van der Waals surface area contributed by atoms with E-state index >= 15 is 0 Å². The lowest BCUT2D eigenvalue weighted by molar-refractivity contribution is -0.132. The number of likely N-dealkylation sites (N-methyl/N-ethyl adjacent to an activating group) is 1. The average Bonchev–Trinajstić information content (AvgIpc) is 3.48. The van der Waals surface area contributed by atoms with Crippen molar-refractivity contribution in [2.75, 3.05) is 20.7 Å². The van der Waals surface area contributed by atoms with E-state index in [0.29, 0.717) is 19.1 Å². The van der Waals surface area contributed by atoms with Gasteiger partial charge in [0.05, 0.1) is 13.7 Å². The Hall–Kier alpha value is -2.40. The van der Waals surface area contributed by atoms with Gasteiger partial charge in [-0.25, -0.2) is 4.39 Å². The van der Waals surface area contributed by atoms with Gasteiger partial charge in [0.15, 0.2) is 0 Å². The highest BCUT2D eigenvalue weighted by Gasteiger charge is 2.31.